The van der Waals surface area contributed by atoms with Crippen LogP contribution in [0.3, 0.4) is 0 Å². The first-order chi connectivity index (χ1) is 8.25. The predicted octanol–water partition coefficient (Wildman–Crippen LogP) is 0.399. The number of carbonyl (C=O) groups is 1. The number of carboxylic acids is 1. The molecule has 2 aromatic heterocycles. The molecule has 0 spiro atoms. The molecule has 0 radical (unpaired) electrons. The molecular weight excluding hydrogens is 222 g/mol. The summed E-state index contributed by atoms with van der Waals surface area (Å²) in [6, 6.07) is -0.592. The van der Waals surface area contributed by atoms with Crippen molar-refractivity contribution in [1.82, 2.24) is 19.6 Å². The average molecular weight is 233 g/mol. The molecule has 88 valence electrons. The van der Waals surface area contributed by atoms with Gasteiger partial charge in [-0.3, -0.25) is 4.40 Å². The summed E-state index contributed by atoms with van der Waals surface area (Å²) >= 11 is 0. The van der Waals surface area contributed by atoms with Crippen molar-refractivity contribution in [2.75, 3.05) is 5.32 Å². The Kier molecular flexibility index (Phi) is 2.17. The second-order valence-corrected chi connectivity index (χ2v) is 4.14. The highest BCUT2D eigenvalue weighted by atomic mass is 16.4. The first-order valence-corrected chi connectivity index (χ1v) is 5.39. The topological polar surface area (TPSA) is 92.4 Å². The van der Waals surface area contributed by atoms with Gasteiger partial charge < -0.3 is 10.4 Å². The zero-order valence-corrected chi connectivity index (χ0v) is 8.95. The molecule has 0 amide bonds. The van der Waals surface area contributed by atoms with Crippen LogP contribution in [0, 0.1) is 5.92 Å². The lowest BCUT2D eigenvalue weighted by atomic mass is 10.2. The molecule has 1 aliphatic carbocycles. The van der Waals surface area contributed by atoms with E-state index in [1.165, 1.54) is 0 Å². The quantitative estimate of drug-likeness (QED) is 0.794. The third-order valence-electron chi connectivity index (χ3n) is 2.87. The molecule has 1 aliphatic rings. The van der Waals surface area contributed by atoms with E-state index < -0.39 is 12.0 Å². The minimum absolute atomic E-state index is 0.192. The van der Waals surface area contributed by atoms with Gasteiger partial charge in [0.25, 0.3) is 0 Å². The molecule has 1 fully saturated rings. The van der Waals surface area contributed by atoms with Crippen molar-refractivity contribution in [2.45, 2.75) is 18.9 Å². The first-order valence-electron chi connectivity index (χ1n) is 5.39. The number of carboxylic acid groups (broad SMARTS) is 1. The summed E-state index contributed by atoms with van der Waals surface area (Å²) in [6.07, 6.45) is 6.74. The summed E-state index contributed by atoms with van der Waals surface area (Å²) in [5.74, 6) is -0.197. The van der Waals surface area contributed by atoms with Crippen molar-refractivity contribution < 1.29 is 9.90 Å². The van der Waals surface area contributed by atoms with Crippen molar-refractivity contribution in [3.8, 4) is 0 Å². The van der Waals surface area contributed by atoms with Gasteiger partial charge in [-0.2, -0.15) is 0 Å². The van der Waals surface area contributed by atoms with Crippen molar-refractivity contribution in [1.29, 1.82) is 0 Å². The Morgan fingerprint density at radius 2 is 2.41 bits per heavy atom. The molecule has 1 unspecified atom stereocenters. The molecule has 1 saturated carbocycles. The van der Waals surface area contributed by atoms with Crippen molar-refractivity contribution >= 4 is 17.4 Å². The van der Waals surface area contributed by atoms with E-state index in [-0.39, 0.29) is 5.92 Å². The van der Waals surface area contributed by atoms with Gasteiger partial charge >= 0.3 is 5.97 Å². The molecule has 7 nitrogen and oxygen atoms in total. The highest BCUT2D eigenvalue weighted by Crippen LogP contribution is 2.34. The van der Waals surface area contributed by atoms with Crippen LogP contribution in [0.25, 0.3) is 5.65 Å². The second kappa shape index (κ2) is 3.69. The van der Waals surface area contributed by atoms with E-state index in [4.69, 9.17) is 5.11 Å². The molecule has 7 heteroatoms. The summed E-state index contributed by atoms with van der Waals surface area (Å²) in [6.45, 7) is 0. The molecule has 0 aromatic carbocycles. The number of nitrogens with zero attached hydrogens (tertiary/aromatic N) is 4. The van der Waals surface area contributed by atoms with Crippen LogP contribution in [-0.2, 0) is 4.79 Å². The molecule has 2 N–H and O–H groups in total. The fourth-order valence-electron chi connectivity index (χ4n) is 1.82. The van der Waals surface area contributed by atoms with Gasteiger partial charge in [-0.15, -0.1) is 10.2 Å². The molecule has 0 saturated heterocycles. The van der Waals surface area contributed by atoms with Gasteiger partial charge in [-0.1, -0.05) is 0 Å². The van der Waals surface area contributed by atoms with Gasteiger partial charge in [0, 0.05) is 12.4 Å². The Hall–Kier alpha value is -2.18. The van der Waals surface area contributed by atoms with Crippen molar-refractivity contribution in [3.05, 3.63) is 18.7 Å². The highest BCUT2D eigenvalue weighted by Gasteiger charge is 2.36. The largest absolute Gasteiger partial charge is 0.480 e. The molecule has 17 heavy (non-hydrogen) atoms. The summed E-state index contributed by atoms with van der Waals surface area (Å²) in [5, 5.41) is 19.7. The van der Waals surface area contributed by atoms with E-state index in [1.54, 1.807) is 23.1 Å². The van der Waals surface area contributed by atoms with Crippen LogP contribution in [0.5, 0.6) is 0 Å². The Labute approximate surface area is 96.5 Å². The average Bonchev–Trinajstić information content (AvgIpc) is 3.02. The third kappa shape index (κ3) is 1.79. The molecule has 2 aromatic rings. The minimum Gasteiger partial charge on any atom is -0.480 e. The number of aromatic nitrogens is 4. The van der Waals surface area contributed by atoms with E-state index in [9.17, 15) is 4.79 Å². The maximum atomic E-state index is 11.1. The maximum Gasteiger partial charge on any atom is 0.326 e. The smallest absolute Gasteiger partial charge is 0.326 e. The predicted molar refractivity (Wildman–Crippen MR) is 58.6 cm³/mol. The number of rotatable bonds is 4. The lowest BCUT2D eigenvalue weighted by molar-refractivity contribution is -0.138. The van der Waals surface area contributed by atoms with E-state index in [2.05, 4.69) is 20.5 Å². The molecular formula is C10H11N5O2. The van der Waals surface area contributed by atoms with Crippen LogP contribution < -0.4 is 5.32 Å². The summed E-state index contributed by atoms with van der Waals surface area (Å²) in [4.78, 5) is 15.2. The SMILES string of the molecule is O=C(O)C(Nc1nccn2cnnc12)C1CC1. The normalized spacial score (nSPS) is 16.9. The first kappa shape index (κ1) is 10.0. The molecule has 2 heterocycles. The van der Waals surface area contributed by atoms with Crippen LogP contribution >= 0.6 is 0 Å². The number of fused-ring (bicyclic) bond motifs is 1. The van der Waals surface area contributed by atoms with E-state index in [0.29, 0.717) is 11.5 Å². The Balaban J connectivity index is 1.93. The summed E-state index contributed by atoms with van der Waals surface area (Å²) in [7, 11) is 0. The van der Waals surface area contributed by atoms with Crippen LogP contribution in [0.4, 0.5) is 5.82 Å². The Morgan fingerprint density at radius 3 is 3.12 bits per heavy atom. The van der Waals surface area contributed by atoms with E-state index >= 15 is 0 Å². The van der Waals surface area contributed by atoms with E-state index in [0.717, 1.165) is 12.8 Å². The lowest BCUT2D eigenvalue weighted by Gasteiger charge is -2.13. The van der Waals surface area contributed by atoms with Gasteiger partial charge in [-0.05, 0) is 18.8 Å². The number of nitrogens with one attached hydrogen (secondary N) is 1. The fourth-order valence-corrected chi connectivity index (χ4v) is 1.82. The third-order valence-corrected chi connectivity index (χ3v) is 2.87. The monoisotopic (exact) mass is 233 g/mol. The van der Waals surface area contributed by atoms with E-state index in [1.807, 2.05) is 0 Å². The zero-order chi connectivity index (χ0) is 11.8. The zero-order valence-electron chi connectivity index (χ0n) is 8.95. The molecule has 3 rings (SSSR count). The molecule has 0 aliphatic heterocycles. The summed E-state index contributed by atoms with van der Waals surface area (Å²) < 4.78 is 1.70. The second-order valence-electron chi connectivity index (χ2n) is 4.14. The van der Waals surface area contributed by atoms with Crippen LogP contribution in [0.15, 0.2) is 18.7 Å². The number of aliphatic carboxylic acids is 1. The van der Waals surface area contributed by atoms with Crippen LogP contribution in [0.2, 0.25) is 0 Å². The molecule has 1 atom stereocenters. The van der Waals surface area contributed by atoms with Crippen molar-refractivity contribution in [2.24, 2.45) is 5.92 Å². The summed E-state index contributed by atoms with van der Waals surface area (Å²) in [5.41, 5.74) is 0.541. The van der Waals surface area contributed by atoms with Crippen molar-refractivity contribution in [3.63, 3.8) is 0 Å². The van der Waals surface area contributed by atoms with Gasteiger partial charge in [0.05, 0.1) is 0 Å². The van der Waals surface area contributed by atoms with Crippen LogP contribution in [0.1, 0.15) is 12.8 Å². The van der Waals surface area contributed by atoms with Gasteiger partial charge in [0.2, 0.25) is 5.65 Å². The minimum atomic E-state index is -0.851. The fraction of sp³-hybridized carbons (Fsp3) is 0.400. The Morgan fingerprint density at radius 1 is 1.59 bits per heavy atom. The van der Waals surface area contributed by atoms with Crippen LogP contribution in [-0.4, -0.2) is 36.7 Å². The standard InChI is InChI=1S/C10H11N5O2/c16-10(17)7(6-1-2-6)13-8-9-14-12-5-15(9)4-3-11-8/h3-7H,1-2H2,(H,11,13)(H,16,17). The molecule has 0 bridgehead atoms. The lowest BCUT2D eigenvalue weighted by Crippen LogP contribution is -2.31. The maximum absolute atomic E-state index is 11.1. The number of hydrogen-bond acceptors (Lipinski definition) is 5. The number of hydrogen-bond donors (Lipinski definition) is 2. The number of anilines is 1. The van der Waals surface area contributed by atoms with Gasteiger partial charge in [-0.25, -0.2) is 9.78 Å². The Bertz CT molecular complexity index is 563. The van der Waals surface area contributed by atoms with Gasteiger partial charge in [0.1, 0.15) is 12.4 Å². The van der Waals surface area contributed by atoms with Gasteiger partial charge in [0.15, 0.2) is 5.82 Å². The highest BCUT2D eigenvalue weighted by molar-refractivity contribution is 5.79.